The van der Waals surface area contributed by atoms with Gasteiger partial charge in [0.25, 0.3) is 0 Å². The van der Waals surface area contributed by atoms with Crippen molar-refractivity contribution in [1.29, 1.82) is 0 Å². The second-order valence-corrected chi connectivity index (χ2v) is 5.33. The van der Waals surface area contributed by atoms with Gasteiger partial charge in [-0.15, -0.1) is 11.3 Å². The fourth-order valence-electron chi connectivity index (χ4n) is 1.93. The van der Waals surface area contributed by atoms with E-state index in [1.807, 2.05) is 11.3 Å². The van der Waals surface area contributed by atoms with Gasteiger partial charge in [0.05, 0.1) is 0 Å². The molecule has 0 fully saturated rings. The molecule has 0 atom stereocenters. The van der Waals surface area contributed by atoms with Crippen molar-refractivity contribution in [3.63, 3.8) is 0 Å². The SMILES string of the molecule is NCCCCc1cc(Cc2ccccc2)cs1. The molecular formula is C15H19NS. The number of aryl methyl sites for hydroxylation is 1. The molecule has 0 radical (unpaired) electrons. The quantitative estimate of drug-likeness (QED) is 0.773. The lowest BCUT2D eigenvalue weighted by molar-refractivity contribution is 0.751. The molecule has 1 aromatic carbocycles. The molecule has 0 amide bonds. The largest absolute Gasteiger partial charge is 0.330 e. The minimum atomic E-state index is 0.808. The summed E-state index contributed by atoms with van der Waals surface area (Å²) in [6, 6.07) is 13.0. The zero-order chi connectivity index (χ0) is 11.9. The van der Waals surface area contributed by atoms with E-state index in [2.05, 4.69) is 41.8 Å². The molecule has 90 valence electrons. The first-order chi connectivity index (χ1) is 8.38. The van der Waals surface area contributed by atoms with Crippen LogP contribution in [0.4, 0.5) is 0 Å². The van der Waals surface area contributed by atoms with E-state index in [9.17, 15) is 0 Å². The molecule has 0 saturated carbocycles. The monoisotopic (exact) mass is 245 g/mol. The van der Waals surface area contributed by atoms with Gasteiger partial charge in [0, 0.05) is 4.88 Å². The van der Waals surface area contributed by atoms with E-state index in [1.54, 1.807) is 0 Å². The molecule has 1 aromatic heterocycles. The van der Waals surface area contributed by atoms with E-state index >= 15 is 0 Å². The van der Waals surface area contributed by atoms with Crippen molar-refractivity contribution < 1.29 is 0 Å². The fourth-order valence-corrected chi connectivity index (χ4v) is 2.86. The van der Waals surface area contributed by atoms with Gasteiger partial charge in [-0.1, -0.05) is 30.3 Å². The van der Waals surface area contributed by atoms with Crippen molar-refractivity contribution >= 4 is 11.3 Å². The second-order valence-electron chi connectivity index (χ2n) is 4.33. The van der Waals surface area contributed by atoms with E-state index < -0.39 is 0 Å². The van der Waals surface area contributed by atoms with Crippen molar-refractivity contribution in [1.82, 2.24) is 0 Å². The molecule has 1 nitrogen and oxygen atoms in total. The Morgan fingerprint density at radius 2 is 1.82 bits per heavy atom. The molecule has 0 aliphatic carbocycles. The molecule has 0 aliphatic rings. The summed E-state index contributed by atoms with van der Waals surface area (Å²) in [4.78, 5) is 1.49. The van der Waals surface area contributed by atoms with Crippen molar-refractivity contribution in [3.8, 4) is 0 Å². The Labute approximate surface area is 107 Å². The summed E-state index contributed by atoms with van der Waals surface area (Å²) in [6.45, 7) is 0.808. The Balaban J connectivity index is 1.90. The zero-order valence-electron chi connectivity index (χ0n) is 10.1. The molecule has 17 heavy (non-hydrogen) atoms. The van der Waals surface area contributed by atoms with Crippen molar-refractivity contribution in [3.05, 3.63) is 57.8 Å². The molecule has 0 unspecified atom stereocenters. The topological polar surface area (TPSA) is 26.0 Å². The number of benzene rings is 1. The maximum Gasteiger partial charge on any atom is 0.00481 e. The highest BCUT2D eigenvalue weighted by Gasteiger charge is 2.01. The average molecular weight is 245 g/mol. The highest BCUT2D eigenvalue weighted by molar-refractivity contribution is 7.10. The van der Waals surface area contributed by atoms with Crippen LogP contribution in [0.5, 0.6) is 0 Å². The Bertz CT molecular complexity index is 433. The van der Waals surface area contributed by atoms with Gasteiger partial charge in [-0.3, -0.25) is 0 Å². The molecule has 1 heterocycles. The summed E-state index contributed by atoms with van der Waals surface area (Å²) >= 11 is 1.88. The van der Waals surface area contributed by atoms with Crippen molar-refractivity contribution in [2.45, 2.75) is 25.7 Å². The lowest BCUT2D eigenvalue weighted by atomic mass is 10.1. The van der Waals surface area contributed by atoms with E-state index in [0.29, 0.717) is 0 Å². The lowest BCUT2D eigenvalue weighted by Crippen LogP contribution is -1.98. The first kappa shape index (κ1) is 12.3. The molecule has 2 heteroatoms. The predicted octanol–water partition coefficient (Wildman–Crippen LogP) is 3.62. The average Bonchev–Trinajstić information content (AvgIpc) is 2.79. The Hall–Kier alpha value is -1.12. The standard InChI is InChI=1S/C15H19NS/c16-9-5-4-8-15-11-14(12-17-15)10-13-6-2-1-3-7-13/h1-3,6-7,11-12H,4-5,8-10,16H2. The normalized spacial score (nSPS) is 10.6. The van der Waals surface area contributed by atoms with Crippen LogP contribution in [0.1, 0.15) is 28.8 Å². The Kier molecular flexibility index (Phi) is 4.77. The van der Waals surface area contributed by atoms with Crippen LogP contribution in [-0.4, -0.2) is 6.54 Å². The molecular weight excluding hydrogens is 226 g/mol. The van der Waals surface area contributed by atoms with Crippen LogP contribution in [0, 0.1) is 0 Å². The first-order valence-electron chi connectivity index (χ1n) is 6.19. The van der Waals surface area contributed by atoms with Crippen molar-refractivity contribution in [2.75, 3.05) is 6.54 Å². The van der Waals surface area contributed by atoms with Crippen LogP contribution in [0.25, 0.3) is 0 Å². The van der Waals surface area contributed by atoms with Gasteiger partial charge in [-0.2, -0.15) is 0 Å². The highest BCUT2D eigenvalue weighted by Crippen LogP contribution is 2.19. The van der Waals surface area contributed by atoms with Crippen LogP contribution in [0.15, 0.2) is 41.8 Å². The van der Waals surface area contributed by atoms with Gasteiger partial charge in [0.15, 0.2) is 0 Å². The van der Waals surface area contributed by atoms with E-state index in [0.717, 1.165) is 19.4 Å². The number of thiophene rings is 1. The van der Waals surface area contributed by atoms with Crippen LogP contribution in [-0.2, 0) is 12.8 Å². The number of nitrogens with two attached hydrogens (primary N) is 1. The maximum atomic E-state index is 5.50. The number of hydrogen-bond donors (Lipinski definition) is 1. The van der Waals surface area contributed by atoms with Gasteiger partial charge in [-0.25, -0.2) is 0 Å². The van der Waals surface area contributed by atoms with Crippen molar-refractivity contribution in [2.24, 2.45) is 5.73 Å². The second kappa shape index (κ2) is 6.58. The van der Waals surface area contributed by atoms with Gasteiger partial charge < -0.3 is 5.73 Å². The minimum Gasteiger partial charge on any atom is -0.330 e. The first-order valence-corrected chi connectivity index (χ1v) is 7.07. The third kappa shape index (κ3) is 3.99. The van der Waals surface area contributed by atoms with E-state index in [-0.39, 0.29) is 0 Å². The van der Waals surface area contributed by atoms with Gasteiger partial charge in [-0.05, 0) is 54.8 Å². The maximum absolute atomic E-state index is 5.50. The number of hydrogen-bond acceptors (Lipinski definition) is 2. The Morgan fingerprint density at radius 3 is 2.59 bits per heavy atom. The third-order valence-electron chi connectivity index (χ3n) is 2.84. The molecule has 0 spiro atoms. The minimum absolute atomic E-state index is 0.808. The molecule has 2 N–H and O–H groups in total. The van der Waals surface area contributed by atoms with Crippen LogP contribution in [0.3, 0.4) is 0 Å². The number of rotatable bonds is 6. The summed E-state index contributed by atoms with van der Waals surface area (Å²) in [6.07, 6.45) is 4.57. The number of unbranched alkanes of at least 4 members (excludes halogenated alkanes) is 1. The summed E-state index contributed by atoms with van der Waals surface area (Å²) in [5.41, 5.74) is 8.33. The third-order valence-corrected chi connectivity index (χ3v) is 3.88. The van der Waals surface area contributed by atoms with Crippen LogP contribution >= 0.6 is 11.3 Å². The van der Waals surface area contributed by atoms with E-state index in [4.69, 9.17) is 5.73 Å². The van der Waals surface area contributed by atoms with Crippen LogP contribution < -0.4 is 5.73 Å². The summed E-state index contributed by atoms with van der Waals surface area (Å²) in [5, 5.41) is 2.28. The highest BCUT2D eigenvalue weighted by atomic mass is 32.1. The predicted molar refractivity (Wildman–Crippen MR) is 75.6 cm³/mol. The Morgan fingerprint density at radius 1 is 1.00 bits per heavy atom. The smallest absolute Gasteiger partial charge is 0.00481 e. The van der Waals surface area contributed by atoms with Gasteiger partial charge in [0.1, 0.15) is 0 Å². The molecule has 0 bridgehead atoms. The molecule has 0 aliphatic heterocycles. The fraction of sp³-hybridized carbons (Fsp3) is 0.333. The molecule has 2 rings (SSSR count). The summed E-state index contributed by atoms with van der Waals surface area (Å²) in [7, 11) is 0. The summed E-state index contributed by atoms with van der Waals surface area (Å²) in [5.74, 6) is 0. The molecule has 0 saturated heterocycles. The van der Waals surface area contributed by atoms with Gasteiger partial charge >= 0.3 is 0 Å². The lowest BCUT2D eigenvalue weighted by Gasteiger charge is -1.97. The van der Waals surface area contributed by atoms with Crippen LogP contribution in [0.2, 0.25) is 0 Å². The molecule has 2 aromatic rings. The zero-order valence-corrected chi connectivity index (χ0v) is 10.9. The summed E-state index contributed by atoms with van der Waals surface area (Å²) < 4.78 is 0. The van der Waals surface area contributed by atoms with Gasteiger partial charge in [0.2, 0.25) is 0 Å². The van der Waals surface area contributed by atoms with E-state index in [1.165, 1.54) is 28.8 Å².